The Morgan fingerprint density at radius 3 is 2.70 bits per heavy atom. The summed E-state index contributed by atoms with van der Waals surface area (Å²) in [4.78, 5) is 3.47. The van der Waals surface area contributed by atoms with E-state index in [9.17, 15) is 0 Å². The number of hydrogen-bond acceptors (Lipinski definition) is 1. The molecule has 4 aromatic rings. The van der Waals surface area contributed by atoms with Crippen LogP contribution in [0.2, 0.25) is 5.02 Å². The second kappa shape index (κ2) is 4.15. The zero-order valence-corrected chi connectivity index (χ0v) is 11.7. The predicted octanol–water partition coefficient (Wildman–Crippen LogP) is 5.14. The van der Waals surface area contributed by atoms with Gasteiger partial charge in [0.05, 0.1) is 12.6 Å². The molecule has 98 valence electrons. The Kier molecular flexibility index (Phi) is 2.41. The monoisotopic (exact) mass is 281 g/mol. The molecule has 0 saturated heterocycles. The predicted molar refractivity (Wildman–Crippen MR) is 84.9 cm³/mol. The fourth-order valence-electron chi connectivity index (χ4n) is 2.85. The molecule has 3 heteroatoms. The minimum atomic E-state index is 0.729. The van der Waals surface area contributed by atoms with Crippen molar-refractivity contribution in [3.63, 3.8) is 0 Å². The van der Waals surface area contributed by atoms with Gasteiger partial charge in [0.1, 0.15) is 5.75 Å². The van der Waals surface area contributed by atoms with Crippen LogP contribution in [0, 0.1) is 0 Å². The average Bonchev–Trinajstić information content (AvgIpc) is 2.85. The Bertz CT molecular complexity index is 955. The van der Waals surface area contributed by atoms with Crippen LogP contribution in [-0.4, -0.2) is 12.1 Å². The summed E-state index contributed by atoms with van der Waals surface area (Å²) >= 11 is 6.09. The highest BCUT2D eigenvalue weighted by atomic mass is 35.5. The van der Waals surface area contributed by atoms with Crippen molar-refractivity contribution in [1.29, 1.82) is 0 Å². The molecule has 2 nitrogen and oxygen atoms in total. The number of benzene rings is 3. The number of methoxy groups -OCH3 is 1. The number of H-pyrrole nitrogens is 1. The minimum absolute atomic E-state index is 0.729. The number of halogens is 1. The summed E-state index contributed by atoms with van der Waals surface area (Å²) in [6.45, 7) is 0. The molecule has 1 N–H and O–H groups in total. The first kappa shape index (κ1) is 11.6. The lowest BCUT2D eigenvalue weighted by Crippen LogP contribution is -1.85. The number of fused-ring (bicyclic) bond motifs is 5. The smallest absolute Gasteiger partial charge is 0.129 e. The van der Waals surface area contributed by atoms with Crippen molar-refractivity contribution in [2.45, 2.75) is 0 Å². The Balaban J connectivity index is 2.31. The van der Waals surface area contributed by atoms with Gasteiger partial charge in [0.2, 0.25) is 0 Å². The van der Waals surface area contributed by atoms with E-state index in [-0.39, 0.29) is 0 Å². The van der Waals surface area contributed by atoms with Crippen molar-refractivity contribution >= 4 is 44.2 Å². The van der Waals surface area contributed by atoms with Gasteiger partial charge in [-0.15, -0.1) is 0 Å². The molecule has 1 aromatic heterocycles. The number of rotatable bonds is 1. The number of aromatic amines is 1. The summed E-state index contributed by atoms with van der Waals surface area (Å²) in [6, 6.07) is 16.3. The summed E-state index contributed by atoms with van der Waals surface area (Å²) in [6.07, 6.45) is 0. The van der Waals surface area contributed by atoms with Gasteiger partial charge in [-0.25, -0.2) is 0 Å². The van der Waals surface area contributed by atoms with Crippen LogP contribution < -0.4 is 4.74 Å². The van der Waals surface area contributed by atoms with Gasteiger partial charge in [0, 0.05) is 26.7 Å². The molecule has 0 radical (unpaired) electrons. The largest absolute Gasteiger partial charge is 0.496 e. The zero-order valence-electron chi connectivity index (χ0n) is 10.9. The molecule has 0 aliphatic heterocycles. The lowest BCUT2D eigenvalue weighted by molar-refractivity contribution is 0.420. The Hall–Kier alpha value is -2.19. The molecule has 0 saturated carbocycles. The highest BCUT2D eigenvalue weighted by Gasteiger charge is 2.13. The van der Waals surface area contributed by atoms with Gasteiger partial charge in [-0.2, -0.15) is 0 Å². The lowest BCUT2D eigenvalue weighted by atomic mass is 10.0. The van der Waals surface area contributed by atoms with Crippen molar-refractivity contribution in [1.82, 2.24) is 4.98 Å². The molecule has 0 aliphatic rings. The van der Waals surface area contributed by atoms with Crippen LogP contribution in [0.3, 0.4) is 0 Å². The summed E-state index contributed by atoms with van der Waals surface area (Å²) in [5.74, 6) is 0.882. The molecule has 0 bridgehead atoms. The quantitative estimate of drug-likeness (QED) is 0.514. The fraction of sp³-hybridized carbons (Fsp3) is 0.0588. The van der Waals surface area contributed by atoms with Crippen molar-refractivity contribution in [3.8, 4) is 5.75 Å². The fourth-order valence-corrected chi connectivity index (χ4v) is 3.02. The lowest BCUT2D eigenvalue weighted by Gasteiger charge is -2.06. The van der Waals surface area contributed by atoms with Gasteiger partial charge in [0.25, 0.3) is 0 Å². The Morgan fingerprint density at radius 1 is 1.00 bits per heavy atom. The van der Waals surface area contributed by atoms with Crippen LogP contribution in [0.15, 0.2) is 48.5 Å². The second-order valence-corrected chi connectivity index (χ2v) is 5.30. The van der Waals surface area contributed by atoms with E-state index in [1.54, 1.807) is 7.11 Å². The molecule has 0 amide bonds. The van der Waals surface area contributed by atoms with E-state index in [0.29, 0.717) is 0 Å². The molecule has 0 fully saturated rings. The SMILES string of the molecule is COc1cc2ccccc2c2[nH]c3cc(Cl)ccc3c12. The second-order valence-electron chi connectivity index (χ2n) is 4.86. The Labute approximate surface area is 120 Å². The topological polar surface area (TPSA) is 25.0 Å². The molecular formula is C17H12ClNO. The number of hydrogen-bond donors (Lipinski definition) is 1. The third-order valence-electron chi connectivity index (χ3n) is 3.74. The Morgan fingerprint density at radius 2 is 1.85 bits per heavy atom. The van der Waals surface area contributed by atoms with Gasteiger partial charge < -0.3 is 9.72 Å². The van der Waals surface area contributed by atoms with Crippen molar-refractivity contribution < 1.29 is 4.74 Å². The average molecular weight is 282 g/mol. The van der Waals surface area contributed by atoms with Gasteiger partial charge >= 0.3 is 0 Å². The van der Waals surface area contributed by atoms with E-state index in [1.165, 1.54) is 5.39 Å². The third-order valence-corrected chi connectivity index (χ3v) is 3.98. The summed E-state index contributed by atoms with van der Waals surface area (Å²) in [7, 11) is 1.71. The van der Waals surface area contributed by atoms with E-state index in [1.807, 2.05) is 30.3 Å². The number of aromatic nitrogens is 1. The number of nitrogens with one attached hydrogen (secondary N) is 1. The van der Waals surface area contributed by atoms with Crippen LogP contribution >= 0.6 is 11.6 Å². The van der Waals surface area contributed by atoms with Crippen molar-refractivity contribution in [2.75, 3.05) is 7.11 Å². The first-order valence-corrected chi connectivity index (χ1v) is 6.82. The van der Waals surface area contributed by atoms with E-state index < -0.39 is 0 Å². The van der Waals surface area contributed by atoms with E-state index >= 15 is 0 Å². The molecule has 20 heavy (non-hydrogen) atoms. The molecule has 0 unspecified atom stereocenters. The van der Waals surface area contributed by atoms with E-state index in [2.05, 4.69) is 23.2 Å². The van der Waals surface area contributed by atoms with E-state index in [4.69, 9.17) is 16.3 Å². The van der Waals surface area contributed by atoms with Crippen LogP contribution in [0.5, 0.6) is 5.75 Å². The molecule has 3 aromatic carbocycles. The molecule has 0 aliphatic carbocycles. The van der Waals surface area contributed by atoms with Crippen LogP contribution in [-0.2, 0) is 0 Å². The van der Waals surface area contributed by atoms with Crippen LogP contribution in [0.25, 0.3) is 32.6 Å². The standard InChI is InChI=1S/C17H12ClNO/c1-20-15-8-10-4-2-3-5-12(10)17-16(15)13-7-6-11(18)9-14(13)19-17/h2-9,19H,1H3. The number of ether oxygens (including phenoxy) is 1. The molecule has 0 spiro atoms. The van der Waals surface area contributed by atoms with E-state index in [0.717, 1.165) is 38.0 Å². The maximum absolute atomic E-state index is 6.09. The minimum Gasteiger partial charge on any atom is -0.496 e. The van der Waals surface area contributed by atoms with Crippen LogP contribution in [0.1, 0.15) is 0 Å². The van der Waals surface area contributed by atoms with Gasteiger partial charge in [-0.1, -0.05) is 41.9 Å². The normalized spacial score (nSPS) is 11.5. The summed E-state index contributed by atoms with van der Waals surface area (Å²) < 4.78 is 5.58. The first-order valence-electron chi connectivity index (χ1n) is 6.44. The third kappa shape index (κ3) is 1.52. The molecular weight excluding hydrogens is 270 g/mol. The van der Waals surface area contributed by atoms with Crippen molar-refractivity contribution in [2.24, 2.45) is 0 Å². The summed E-state index contributed by atoms with van der Waals surface area (Å²) in [5, 5.41) is 5.32. The van der Waals surface area contributed by atoms with Crippen molar-refractivity contribution in [3.05, 3.63) is 53.6 Å². The zero-order chi connectivity index (χ0) is 13.7. The molecule has 0 atom stereocenters. The maximum Gasteiger partial charge on any atom is 0.129 e. The molecule has 1 heterocycles. The van der Waals surface area contributed by atoms with Gasteiger partial charge in [-0.05, 0) is 23.6 Å². The highest BCUT2D eigenvalue weighted by Crippen LogP contribution is 2.38. The highest BCUT2D eigenvalue weighted by molar-refractivity contribution is 6.32. The first-order chi connectivity index (χ1) is 9.78. The van der Waals surface area contributed by atoms with Gasteiger partial charge in [-0.3, -0.25) is 0 Å². The maximum atomic E-state index is 6.09. The van der Waals surface area contributed by atoms with Gasteiger partial charge in [0.15, 0.2) is 0 Å². The summed E-state index contributed by atoms with van der Waals surface area (Å²) in [5.41, 5.74) is 2.12. The van der Waals surface area contributed by atoms with Crippen LogP contribution in [0.4, 0.5) is 0 Å². The molecule has 4 rings (SSSR count).